The first kappa shape index (κ1) is 16.7. The number of nitrogens with one attached hydrogen (secondary N) is 2. The van der Waals surface area contributed by atoms with Crippen LogP contribution in [0.25, 0.3) is 0 Å². The first-order valence-corrected chi connectivity index (χ1v) is 8.76. The Morgan fingerprint density at radius 3 is 2.77 bits per heavy atom. The number of ether oxygens (including phenoxy) is 2. The van der Waals surface area contributed by atoms with Crippen LogP contribution in [0.5, 0.6) is 11.5 Å². The summed E-state index contributed by atoms with van der Waals surface area (Å²) in [6, 6.07) is 6.81. The number of rotatable bonds is 5. The number of imide groups is 1. The summed E-state index contributed by atoms with van der Waals surface area (Å²) >= 11 is 0. The Morgan fingerprint density at radius 1 is 1.31 bits per heavy atom. The van der Waals surface area contributed by atoms with E-state index in [9.17, 15) is 14.4 Å². The van der Waals surface area contributed by atoms with Crippen LogP contribution in [0.15, 0.2) is 24.3 Å². The minimum Gasteiger partial charge on any atom is -0.486 e. The largest absolute Gasteiger partial charge is 0.486 e. The van der Waals surface area contributed by atoms with Crippen LogP contribution in [0.3, 0.4) is 0 Å². The van der Waals surface area contributed by atoms with Crippen molar-refractivity contribution in [3.05, 3.63) is 24.3 Å². The zero-order chi connectivity index (χ0) is 18.3. The van der Waals surface area contributed by atoms with E-state index in [2.05, 4.69) is 10.6 Å². The molecule has 8 nitrogen and oxygen atoms in total. The van der Waals surface area contributed by atoms with Gasteiger partial charge in [-0.1, -0.05) is 12.1 Å². The number of carbonyl (C=O) groups is 3. The van der Waals surface area contributed by atoms with Crippen molar-refractivity contribution in [2.75, 3.05) is 19.7 Å². The highest BCUT2D eigenvalue weighted by Crippen LogP contribution is 2.42. The second-order valence-electron chi connectivity index (χ2n) is 7.10. The lowest BCUT2D eigenvalue weighted by molar-refractivity contribution is -0.135. The standard InChI is InChI=1S/C18H21N3O5/c1-18(11-6-7-11)16(23)21(17(24)20-18)9-15(22)19-8-12-10-25-13-4-2-3-5-14(13)26-12/h2-5,11-12H,6-10H2,1H3,(H,19,22)(H,20,24)/t12-,18-/m0/s1. The minimum absolute atomic E-state index is 0.167. The second-order valence-corrected chi connectivity index (χ2v) is 7.10. The number of benzene rings is 1. The Bertz CT molecular complexity index is 763. The molecule has 26 heavy (non-hydrogen) atoms. The summed E-state index contributed by atoms with van der Waals surface area (Å²) in [6.07, 6.45) is 1.51. The molecule has 0 spiro atoms. The first-order chi connectivity index (χ1) is 12.5. The molecule has 138 valence electrons. The van der Waals surface area contributed by atoms with Crippen molar-refractivity contribution in [1.29, 1.82) is 0 Å². The minimum atomic E-state index is -0.874. The van der Waals surface area contributed by atoms with Gasteiger partial charge in [0.25, 0.3) is 5.91 Å². The maximum absolute atomic E-state index is 12.5. The van der Waals surface area contributed by atoms with E-state index in [4.69, 9.17) is 9.47 Å². The average molecular weight is 359 g/mol. The zero-order valence-electron chi connectivity index (χ0n) is 14.5. The lowest BCUT2D eigenvalue weighted by atomic mass is 9.96. The van der Waals surface area contributed by atoms with Crippen LogP contribution in [0, 0.1) is 5.92 Å². The number of fused-ring (bicyclic) bond motifs is 1. The van der Waals surface area contributed by atoms with Crippen molar-refractivity contribution in [2.45, 2.75) is 31.4 Å². The van der Waals surface area contributed by atoms with Crippen LogP contribution >= 0.6 is 0 Å². The predicted molar refractivity (Wildman–Crippen MR) is 90.7 cm³/mol. The van der Waals surface area contributed by atoms with Crippen LogP contribution in [-0.2, 0) is 9.59 Å². The lowest BCUT2D eigenvalue weighted by Gasteiger charge is -2.26. The maximum atomic E-state index is 12.5. The summed E-state index contributed by atoms with van der Waals surface area (Å²) in [5, 5.41) is 5.43. The van der Waals surface area contributed by atoms with E-state index in [0.717, 1.165) is 17.7 Å². The second kappa shape index (κ2) is 6.19. The van der Waals surface area contributed by atoms with Crippen molar-refractivity contribution in [1.82, 2.24) is 15.5 Å². The Balaban J connectivity index is 1.30. The Hall–Kier alpha value is -2.77. The normalized spacial score (nSPS) is 27.3. The molecule has 8 heteroatoms. The smallest absolute Gasteiger partial charge is 0.325 e. The fourth-order valence-corrected chi connectivity index (χ4v) is 3.39. The van der Waals surface area contributed by atoms with E-state index >= 15 is 0 Å². The van der Waals surface area contributed by atoms with Crippen molar-refractivity contribution in [3.63, 3.8) is 0 Å². The number of carbonyl (C=O) groups excluding carboxylic acids is 3. The molecule has 0 aromatic heterocycles. The number of amides is 4. The van der Waals surface area contributed by atoms with E-state index in [1.165, 1.54) is 0 Å². The monoisotopic (exact) mass is 359 g/mol. The molecule has 2 aliphatic heterocycles. The molecular formula is C18H21N3O5. The molecule has 1 aliphatic carbocycles. The maximum Gasteiger partial charge on any atom is 0.325 e. The third kappa shape index (κ3) is 2.95. The summed E-state index contributed by atoms with van der Waals surface area (Å²) in [5.41, 5.74) is -0.874. The van der Waals surface area contributed by atoms with Crippen LogP contribution in [-0.4, -0.2) is 54.1 Å². The summed E-state index contributed by atoms with van der Waals surface area (Å²) in [7, 11) is 0. The van der Waals surface area contributed by atoms with Crippen molar-refractivity contribution < 1.29 is 23.9 Å². The Morgan fingerprint density at radius 2 is 2.04 bits per heavy atom. The molecule has 2 N–H and O–H groups in total. The predicted octanol–water partition coefficient (Wildman–Crippen LogP) is 0.663. The summed E-state index contributed by atoms with van der Waals surface area (Å²) in [6.45, 7) is 1.99. The van der Waals surface area contributed by atoms with E-state index in [-0.39, 0.29) is 31.0 Å². The molecule has 0 bridgehead atoms. The van der Waals surface area contributed by atoms with E-state index in [1.807, 2.05) is 18.2 Å². The lowest BCUT2D eigenvalue weighted by Crippen LogP contribution is -2.48. The number of para-hydroxylation sites is 2. The van der Waals surface area contributed by atoms with E-state index < -0.39 is 17.5 Å². The summed E-state index contributed by atoms with van der Waals surface area (Å²) < 4.78 is 11.4. The number of urea groups is 1. The van der Waals surface area contributed by atoms with Gasteiger partial charge in [0.15, 0.2) is 11.5 Å². The molecule has 3 aliphatic rings. The Labute approximate surface area is 150 Å². The van der Waals surface area contributed by atoms with Crippen molar-refractivity contribution in [3.8, 4) is 11.5 Å². The average Bonchev–Trinajstić information content (AvgIpc) is 3.46. The Kier molecular flexibility index (Phi) is 3.97. The molecule has 1 saturated carbocycles. The van der Waals surface area contributed by atoms with Crippen LogP contribution in [0.1, 0.15) is 19.8 Å². The summed E-state index contributed by atoms with van der Waals surface area (Å²) in [4.78, 5) is 37.8. The number of hydrogen-bond donors (Lipinski definition) is 2. The third-order valence-electron chi connectivity index (χ3n) is 5.09. The van der Waals surface area contributed by atoms with Gasteiger partial charge >= 0.3 is 6.03 Å². The molecule has 2 fully saturated rings. The first-order valence-electron chi connectivity index (χ1n) is 8.76. The quantitative estimate of drug-likeness (QED) is 0.753. The molecule has 2 heterocycles. The van der Waals surface area contributed by atoms with Gasteiger partial charge in [0, 0.05) is 0 Å². The molecule has 1 aromatic rings. The van der Waals surface area contributed by atoms with Gasteiger partial charge in [0.2, 0.25) is 5.91 Å². The van der Waals surface area contributed by atoms with Gasteiger partial charge in [-0.3, -0.25) is 14.5 Å². The molecule has 1 aromatic carbocycles. The van der Waals surface area contributed by atoms with Crippen molar-refractivity contribution >= 4 is 17.8 Å². The zero-order valence-corrected chi connectivity index (χ0v) is 14.5. The molecule has 2 atom stereocenters. The van der Waals surface area contributed by atoms with Crippen LogP contribution in [0.4, 0.5) is 4.79 Å². The van der Waals surface area contributed by atoms with Crippen molar-refractivity contribution in [2.24, 2.45) is 5.92 Å². The van der Waals surface area contributed by atoms with Crippen LogP contribution < -0.4 is 20.1 Å². The molecule has 1 saturated heterocycles. The number of hydrogen-bond acceptors (Lipinski definition) is 5. The van der Waals surface area contributed by atoms with Gasteiger partial charge in [-0.15, -0.1) is 0 Å². The topological polar surface area (TPSA) is 97.0 Å². The van der Waals surface area contributed by atoms with Gasteiger partial charge in [-0.25, -0.2) is 4.79 Å². The highest BCUT2D eigenvalue weighted by molar-refractivity contribution is 6.09. The summed E-state index contributed by atoms with van der Waals surface area (Å²) in [5.74, 6) is 0.739. The van der Waals surface area contributed by atoms with Gasteiger partial charge in [0.1, 0.15) is 24.8 Å². The van der Waals surface area contributed by atoms with Crippen LogP contribution in [0.2, 0.25) is 0 Å². The third-order valence-corrected chi connectivity index (χ3v) is 5.09. The number of nitrogens with zero attached hydrogens (tertiary/aromatic N) is 1. The highest BCUT2D eigenvalue weighted by Gasteiger charge is 2.56. The molecule has 0 radical (unpaired) electrons. The molecular weight excluding hydrogens is 338 g/mol. The van der Waals surface area contributed by atoms with Gasteiger partial charge in [-0.05, 0) is 37.8 Å². The fourth-order valence-electron chi connectivity index (χ4n) is 3.39. The SMILES string of the molecule is C[C@@]1(C2CC2)NC(=O)N(CC(=O)NC[C@H]2COc3ccccc3O2)C1=O. The van der Waals surface area contributed by atoms with E-state index in [0.29, 0.717) is 18.1 Å². The van der Waals surface area contributed by atoms with E-state index in [1.54, 1.807) is 13.0 Å². The van der Waals surface area contributed by atoms with Gasteiger partial charge in [-0.2, -0.15) is 0 Å². The molecule has 4 rings (SSSR count). The fraction of sp³-hybridized carbons (Fsp3) is 0.500. The highest BCUT2D eigenvalue weighted by atomic mass is 16.6. The van der Waals surface area contributed by atoms with Gasteiger partial charge < -0.3 is 20.1 Å². The van der Waals surface area contributed by atoms with Gasteiger partial charge in [0.05, 0.1) is 6.54 Å². The molecule has 4 amide bonds. The molecule has 0 unspecified atom stereocenters.